The molecule has 27 heavy (non-hydrogen) atoms. The van der Waals surface area contributed by atoms with Gasteiger partial charge in [0, 0.05) is 18.1 Å². The van der Waals surface area contributed by atoms with E-state index in [2.05, 4.69) is 10.3 Å². The van der Waals surface area contributed by atoms with Gasteiger partial charge in [0.2, 0.25) is 0 Å². The molecular weight excluding hydrogens is 352 g/mol. The van der Waals surface area contributed by atoms with E-state index in [0.29, 0.717) is 12.1 Å². The summed E-state index contributed by atoms with van der Waals surface area (Å²) < 4.78 is 27.1. The van der Waals surface area contributed by atoms with Crippen LogP contribution in [-0.2, 0) is 6.42 Å². The second-order valence-corrected chi connectivity index (χ2v) is 5.74. The molecule has 1 heterocycles. The number of benzene rings is 2. The highest BCUT2D eigenvalue weighted by Gasteiger charge is 2.19. The van der Waals surface area contributed by atoms with Crippen LogP contribution < -0.4 is 10.6 Å². The summed E-state index contributed by atoms with van der Waals surface area (Å²) in [7, 11) is 0. The summed E-state index contributed by atoms with van der Waals surface area (Å²) in [4.78, 5) is 27.8. The summed E-state index contributed by atoms with van der Waals surface area (Å²) in [5.41, 5.74) is 1.69. The lowest BCUT2D eigenvalue weighted by atomic mass is 10.1. The van der Waals surface area contributed by atoms with Gasteiger partial charge in [-0.25, -0.2) is 13.6 Å². The number of anilines is 1. The van der Waals surface area contributed by atoms with E-state index in [1.807, 2.05) is 29.6 Å². The largest absolute Gasteiger partial charge is 0.326 e. The first kappa shape index (κ1) is 18.2. The first-order chi connectivity index (χ1) is 13.0. The van der Waals surface area contributed by atoms with Crippen molar-refractivity contribution in [3.8, 4) is 0 Å². The van der Waals surface area contributed by atoms with Gasteiger partial charge in [0.25, 0.3) is 5.91 Å². The number of hydrogen-bond donors (Lipinski definition) is 2. The van der Waals surface area contributed by atoms with E-state index < -0.39 is 29.1 Å². The Morgan fingerprint density at radius 3 is 2.22 bits per heavy atom. The normalized spacial score (nSPS) is 10.3. The molecule has 3 aromatic rings. The Labute approximate surface area is 154 Å². The third-order valence-electron chi connectivity index (χ3n) is 3.76. The van der Waals surface area contributed by atoms with E-state index in [0.717, 1.165) is 29.3 Å². The van der Waals surface area contributed by atoms with Gasteiger partial charge < -0.3 is 5.32 Å². The number of halogens is 2. The minimum absolute atomic E-state index is 0.434. The highest BCUT2D eigenvalue weighted by atomic mass is 19.1. The van der Waals surface area contributed by atoms with Crippen molar-refractivity contribution in [1.82, 2.24) is 10.3 Å². The molecule has 0 radical (unpaired) electrons. The Morgan fingerprint density at radius 1 is 0.889 bits per heavy atom. The van der Waals surface area contributed by atoms with Gasteiger partial charge in [-0.1, -0.05) is 24.3 Å². The second kappa shape index (κ2) is 8.18. The van der Waals surface area contributed by atoms with Gasteiger partial charge in [-0.2, -0.15) is 0 Å². The minimum Gasteiger partial charge on any atom is -0.308 e. The highest BCUT2D eigenvalue weighted by molar-refractivity contribution is 6.08. The van der Waals surface area contributed by atoms with Crippen molar-refractivity contribution in [1.29, 1.82) is 0 Å². The molecule has 3 rings (SSSR count). The molecule has 0 unspecified atom stereocenters. The molecule has 0 fully saturated rings. The lowest BCUT2D eigenvalue weighted by molar-refractivity contribution is 0.0959. The Hall–Kier alpha value is -3.61. The molecule has 0 aliphatic rings. The lowest BCUT2D eigenvalue weighted by Gasteiger charge is -2.09. The molecule has 0 saturated heterocycles. The molecule has 2 N–H and O–H groups in total. The molecular formula is C20H15F2N3O2. The van der Waals surface area contributed by atoms with Crippen LogP contribution in [0.15, 0.2) is 67.0 Å². The Kier molecular flexibility index (Phi) is 5.51. The number of carbonyl (C=O) groups excluding carboxylic acids is 2. The smallest absolute Gasteiger partial charge is 0.308 e. The highest BCUT2D eigenvalue weighted by Crippen LogP contribution is 2.14. The van der Waals surface area contributed by atoms with Crippen LogP contribution in [0.2, 0.25) is 0 Å². The Morgan fingerprint density at radius 2 is 1.59 bits per heavy atom. The van der Waals surface area contributed by atoms with Gasteiger partial charge in [-0.15, -0.1) is 0 Å². The average Bonchev–Trinajstić information content (AvgIpc) is 2.64. The van der Waals surface area contributed by atoms with Crippen molar-refractivity contribution >= 4 is 17.6 Å². The van der Waals surface area contributed by atoms with E-state index in [4.69, 9.17) is 0 Å². The number of hydrogen-bond acceptors (Lipinski definition) is 3. The fourth-order valence-corrected chi connectivity index (χ4v) is 2.49. The molecule has 0 aliphatic heterocycles. The van der Waals surface area contributed by atoms with Crippen molar-refractivity contribution in [2.75, 3.05) is 5.32 Å². The third kappa shape index (κ3) is 4.72. The van der Waals surface area contributed by atoms with Crippen LogP contribution in [0.25, 0.3) is 0 Å². The lowest BCUT2D eigenvalue weighted by Crippen LogP contribution is -2.35. The summed E-state index contributed by atoms with van der Waals surface area (Å²) in [6.07, 6.45) is 4.15. The van der Waals surface area contributed by atoms with Crippen LogP contribution in [0.3, 0.4) is 0 Å². The molecule has 0 bridgehead atoms. The van der Waals surface area contributed by atoms with E-state index in [1.54, 1.807) is 24.5 Å². The quantitative estimate of drug-likeness (QED) is 0.734. The maximum absolute atomic E-state index is 13.6. The number of aromatic nitrogens is 1. The number of amides is 3. The van der Waals surface area contributed by atoms with Gasteiger partial charge in [0.15, 0.2) is 0 Å². The zero-order valence-corrected chi connectivity index (χ0v) is 14.1. The van der Waals surface area contributed by atoms with Gasteiger partial charge in [0.05, 0.1) is 0 Å². The Bertz CT molecular complexity index is 940. The summed E-state index contributed by atoms with van der Waals surface area (Å²) in [5, 5.41) is 4.35. The zero-order valence-electron chi connectivity index (χ0n) is 14.1. The number of imide groups is 1. The molecule has 0 spiro atoms. The second-order valence-electron chi connectivity index (χ2n) is 5.74. The number of urea groups is 1. The zero-order chi connectivity index (χ0) is 19.2. The number of nitrogens with zero attached hydrogens (tertiary/aromatic N) is 1. The summed E-state index contributed by atoms with van der Waals surface area (Å²) in [5.74, 6) is -3.24. The maximum Gasteiger partial charge on any atom is 0.326 e. The van der Waals surface area contributed by atoms with E-state index >= 15 is 0 Å². The predicted molar refractivity (Wildman–Crippen MR) is 96.3 cm³/mol. The van der Waals surface area contributed by atoms with Crippen LogP contribution >= 0.6 is 0 Å². The number of pyridine rings is 1. The van der Waals surface area contributed by atoms with Crippen molar-refractivity contribution in [2.45, 2.75) is 6.42 Å². The van der Waals surface area contributed by atoms with Gasteiger partial charge in [0.1, 0.15) is 17.2 Å². The summed E-state index contributed by atoms with van der Waals surface area (Å²) in [6.45, 7) is 0. The maximum atomic E-state index is 13.6. The number of rotatable bonds is 4. The standard InChI is InChI=1S/C20H15F2N3O2/c21-16-4-1-5-17(22)18(16)19(26)25-20(27)24-15-8-6-13(7-9-15)11-14-3-2-10-23-12-14/h1-10,12H,11H2,(H2,24,25,26,27). The van der Waals surface area contributed by atoms with Crippen molar-refractivity contribution in [3.63, 3.8) is 0 Å². The number of nitrogens with one attached hydrogen (secondary N) is 2. The molecule has 0 saturated carbocycles. The molecule has 136 valence electrons. The van der Waals surface area contributed by atoms with Gasteiger partial charge in [-0.05, 0) is 47.9 Å². The fraction of sp³-hybridized carbons (Fsp3) is 0.0500. The van der Waals surface area contributed by atoms with Crippen LogP contribution in [-0.4, -0.2) is 16.9 Å². The van der Waals surface area contributed by atoms with Crippen LogP contribution in [0.5, 0.6) is 0 Å². The molecule has 2 aromatic carbocycles. The van der Waals surface area contributed by atoms with Crippen LogP contribution in [0.4, 0.5) is 19.3 Å². The van der Waals surface area contributed by atoms with Gasteiger partial charge >= 0.3 is 6.03 Å². The van der Waals surface area contributed by atoms with E-state index in [9.17, 15) is 18.4 Å². The average molecular weight is 367 g/mol. The third-order valence-corrected chi connectivity index (χ3v) is 3.76. The number of carbonyl (C=O) groups is 2. The molecule has 1 aromatic heterocycles. The first-order valence-corrected chi connectivity index (χ1v) is 8.07. The van der Waals surface area contributed by atoms with E-state index in [1.165, 1.54) is 0 Å². The molecule has 0 aliphatic carbocycles. The fourth-order valence-electron chi connectivity index (χ4n) is 2.49. The monoisotopic (exact) mass is 367 g/mol. The van der Waals surface area contributed by atoms with Crippen molar-refractivity contribution in [3.05, 3.63) is 95.3 Å². The van der Waals surface area contributed by atoms with E-state index in [-0.39, 0.29) is 0 Å². The van der Waals surface area contributed by atoms with Crippen molar-refractivity contribution < 1.29 is 18.4 Å². The van der Waals surface area contributed by atoms with Crippen molar-refractivity contribution in [2.24, 2.45) is 0 Å². The SMILES string of the molecule is O=C(NC(=O)c1c(F)cccc1F)Nc1ccc(Cc2cccnc2)cc1. The molecule has 5 nitrogen and oxygen atoms in total. The molecule has 3 amide bonds. The molecule has 7 heteroatoms. The minimum atomic E-state index is -1.16. The van der Waals surface area contributed by atoms with Crippen LogP contribution in [0, 0.1) is 11.6 Å². The topological polar surface area (TPSA) is 71.1 Å². The van der Waals surface area contributed by atoms with Crippen LogP contribution in [0.1, 0.15) is 21.5 Å². The predicted octanol–water partition coefficient (Wildman–Crippen LogP) is 3.91. The Balaban J connectivity index is 1.60. The summed E-state index contributed by atoms with van der Waals surface area (Å²) in [6, 6.07) is 12.9. The summed E-state index contributed by atoms with van der Waals surface area (Å²) >= 11 is 0. The molecule has 0 atom stereocenters. The van der Waals surface area contributed by atoms with Gasteiger partial charge in [-0.3, -0.25) is 15.1 Å². The first-order valence-electron chi connectivity index (χ1n) is 8.07.